The van der Waals surface area contributed by atoms with Crippen LogP contribution in [0.3, 0.4) is 0 Å². The third kappa shape index (κ3) is 3.79. The van der Waals surface area contributed by atoms with Crippen molar-refractivity contribution in [2.45, 2.75) is 19.9 Å². The molecule has 2 rings (SSSR count). The maximum absolute atomic E-state index is 6.40. The van der Waals surface area contributed by atoms with E-state index in [1.54, 1.807) is 0 Å². The molecule has 0 aromatic heterocycles. The van der Waals surface area contributed by atoms with Crippen LogP contribution in [0.5, 0.6) is 5.75 Å². The molecule has 0 aliphatic rings. The van der Waals surface area contributed by atoms with Gasteiger partial charge < -0.3 is 10.1 Å². The van der Waals surface area contributed by atoms with Gasteiger partial charge >= 0.3 is 0 Å². The zero-order chi connectivity index (χ0) is 15.4. The zero-order valence-corrected chi connectivity index (χ0v) is 14.8. The van der Waals surface area contributed by atoms with E-state index >= 15 is 0 Å². The Bertz CT molecular complexity index is 630. The number of hydrogen-bond donors (Lipinski definition) is 1. The molecule has 2 nitrogen and oxygen atoms in total. The highest BCUT2D eigenvalue weighted by Crippen LogP contribution is 2.33. The lowest BCUT2D eigenvalue weighted by Crippen LogP contribution is -2.18. The molecular formula is C17H19BrClNO. The number of ether oxygens (including phenoxy) is 1. The van der Waals surface area contributed by atoms with Crippen molar-refractivity contribution in [3.05, 3.63) is 62.6 Å². The fourth-order valence-electron chi connectivity index (χ4n) is 2.34. The second-order valence-electron chi connectivity index (χ2n) is 4.87. The topological polar surface area (TPSA) is 21.3 Å². The summed E-state index contributed by atoms with van der Waals surface area (Å²) in [5.41, 5.74) is 3.37. The summed E-state index contributed by atoms with van der Waals surface area (Å²) in [6.07, 6.45) is 0. The Kier molecular flexibility index (Phi) is 5.68. The maximum Gasteiger partial charge on any atom is 0.133 e. The number of nitrogens with one attached hydrogen (secondary N) is 1. The second kappa shape index (κ2) is 7.30. The summed E-state index contributed by atoms with van der Waals surface area (Å²) in [5.74, 6) is 0.853. The predicted molar refractivity (Wildman–Crippen MR) is 92.4 cm³/mol. The fourth-order valence-corrected chi connectivity index (χ4v) is 3.19. The molecule has 0 aliphatic heterocycles. The van der Waals surface area contributed by atoms with Crippen LogP contribution < -0.4 is 10.1 Å². The van der Waals surface area contributed by atoms with Gasteiger partial charge in [-0.15, -0.1) is 0 Å². The van der Waals surface area contributed by atoms with Crippen LogP contribution in [0, 0.1) is 6.92 Å². The van der Waals surface area contributed by atoms with Crippen LogP contribution in [-0.2, 0) is 0 Å². The van der Waals surface area contributed by atoms with Gasteiger partial charge in [-0.3, -0.25) is 0 Å². The normalized spacial score (nSPS) is 12.2. The summed E-state index contributed by atoms with van der Waals surface area (Å²) in [4.78, 5) is 0. The smallest absolute Gasteiger partial charge is 0.133 e. The van der Waals surface area contributed by atoms with E-state index in [0.717, 1.165) is 31.9 Å². The first-order chi connectivity index (χ1) is 10.1. The Morgan fingerprint density at radius 3 is 2.57 bits per heavy atom. The molecule has 0 fully saturated rings. The minimum Gasteiger partial charge on any atom is -0.493 e. The molecule has 0 aliphatic carbocycles. The van der Waals surface area contributed by atoms with Crippen LogP contribution in [0.4, 0.5) is 0 Å². The van der Waals surface area contributed by atoms with Gasteiger partial charge in [-0.05, 0) is 71.7 Å². The third-order valence-corrected chi connectivity index (χ3v) is 4.29. The monoisotopic (exact) mass is 367 g/mol. The van der Waals surface area contributed by atoms with Crippen LogP contribution >= 0.6 is 27.5 Å². The van der Waals surface area contributed by atoms with Crippen molar-refractivity contribution >= 4 is 27.5 Å². The van der Waals surface area contributed by atoms with Gasteiger partial charge in [0.1, 0.15) is 5.75 Å². The Morgan fingerprint density at radius 2 is 2.00 bits per heavy atom. The molecule has 0 amide bonds. The second-order valence-corrected chi connectivity index (χ2v) is 6.13. The van der Waals surface area contributed by atoms with Crippen LogP contribution in [-0.4, -0.2) is 13.7 Å². The van der Waals surface area contributed by atoms with E-state index in [1.807, 2.05) is 33.0 Å². The lowest BCUT2D eigenvalue weighted by molar-refractivity contribution is 0.338. The van der Waals surface area contributed by atoms with Crippen LogP contribution in [0.25, 0.3) is 0 Å². The van der Waals surface area contributed by atoms with Gasteiger partial charge in [0.25, 0.3) is 0 Å². The minimum absolute atomic E-state index is 0.0464. The third-order valence-electron chi connectivity index (χ3n) is 3.34. The van der Waals surface area contributed by atoms with E-state index in [-0.39, 0.29) is 6.04 Å². The quantitative estimate of drug-likeness (QED) is 0.791. The minimum atomic E-state index is 0.0464. The fraction of sp³-hybridized carbons (Fsp3) is 0.294. The highest BCUT2D eigenvalue weighted by molar-refractivity contribution is 9.10. The molecule has 1 unspecified atom stereocenters. The number of hydrogen-bond acceptors (Lipinski definition) is 2. The van der Waals surface area contributed by atoms with E-state index in [9.17, 15) is 0 Å². The van der Waals surface area contributed by atoms with Gasteiger partial charge in [0.15, 0.2) is 0 Å². The molecule has 1 N–H and O–H groups in total. The molecule has 0 heterocycles. The Hall–Kier alpha value is -1.03. The molecule has 1 atom stereocenters. The van der Waals surface area contributed by atoms with Crippen molar-refractivity contribution in [2.24, 2.45) is 0 Å². The molecule has 0 saturated heterocycles. The molecule has 0 radical (unpaired) electrons. The van der Waals surface area contributed by atoms with Crippen LogP contribution in [0.1, 0.15) is 29.7 Å². The lowest BCUT2D eigenvalue weighted by Gasteiger charge is -2.20. The van der Waals surface area contributed by atoms with E-state index in [0.29, 0.717) is 6.61 Å². The molecule has 0 bridgehead atoms. The van der Waals surface area contributed by atoms with Gasteiger partial charge in [0.05, 0.1) is 17.1 Å². The summed E-state index contributed by atoms with van der Waals surface area (Å²) in [6.45, 7) is 4.66. The van der Waals surface area contributed by atoms with Gasteiger partial charge in [-0.2, -0.15) is 0 Å². The Labute approximate surface area is 139 Å². The molecule has 2 aromatic carbocycles. The van der Waals surface area contributed by atoms with E-state index in [4.69, 9.17) is 16.3 Å². The predicted octanol–water partition coefficient (Wildman–Crippen LogP) is 5.12. The number of benzene rings is 2. The van der Waals surface area contributed by atoms with E-state index in [2.05, 4.69) is 45.5 Å². The van der Waals surface area contributed by atoms with E-state index < -0.39 is 0 Å². The number of halogens is 2. The highest BCUT2D eigenvalue weighted by Gasteiger charge is 2.16. The first-order valence-electron chi connectivity index (χ1n) is 6.92. The molecule has 4 heteroatoms. The molecule has 112 valence electrons. The van der Waals surface area contributed by atoms with Gasteiger partial charge in [0.2, 0.25) is 0 Å². The number of rotatable bonds is 5. The average Bonchev–Trinajstić information content (AvgIpc) is 2.45. The van der Waals surface area contributed by atoms with Crippen LogP contribution in [0.2, 0.25) is 5.02 Å². The number of aryl methyl sites for hydroxylation is 1. The average molecular weight is 369 g/mol. The van der Waals surface area contributed by atoms with Gasteiger partial charge in [-0.25, -0.2) is 0 Å². The Balaban J connectivity index is 2.39. The largest absolute Gasteiger partial charge is 0.493 e. The first-order valence-corrected chi connectivity index (χ1v) is 8.09. The summed E-state index contributed by atoms with van der Waals surface area (Å²) in [5, 5.41) is 4.10. The zero-order valence-electron chi connectivity index (χ0n) is 12.4. The van der Waals surface area contributed by atoms with Crippen molar-refractivity contribution in [3.63, 3.8) is 0 Å². The van der Waals surface area contributed by atoms with Crippen molar-refractivity contribution in [1.82, 2.24) is 5.32 Å². The molecular weight excluding hydrogens is 350 g/mol. The standard InChI is InChI=1S/C17H19BrClNO/c1-4-21-16-8-6-12(10-14(16)18)17(20-3)13-7-5-11(2)9-15(13)19/h5-10,17,20H,4H2,1-3H3. The maximum atomic E-state index is 6.40. The summed E-state index contributed by atoms with van der Waals surface area (Å²) in [6, 6.07) is 12.3. The first kappa shape index (κ1) is 16.3. The van der Waals surface area contributed by atoms with Gasteiger partial charge in [-0.1, -0.05) is 29.8 Å². The molecule has 21 heavy (non-hydrogen) atoms. The van der Waals surface area contributed by atoms with Gasteiger partial charge in [0, 0.05) is 5.02 Å². The lowest BCUT2D eigenvalue weighted by atomic mass is 9.98. The van der Waals surface area contributed by atoms with Crippen molar-refractivity contribution < 1.29 is 4.74 Å². The van der Waals surface area contributed by atoms with E-state index in [1.165, 1.54) is 0 Å². The van der Waals surface area contributed by atoms with Crippen LogP contribution in [0.15, 0.2) is 40.9 Å². The summed E-state index contributed by atoms with van der Waals surface area (Å²) in [7, 11) is 1.94. The molecule has 2 aromatic rings. The summed E-state index contributed by atoms with van der Waals surface area (Å²) >= 11 is 9.96. The Morgan fingerprint density at radius 1 is 1.24 bits per heavy atom. The SMILES string of the molecule is CCOc1ccc(C(NC)c2ccc(C)cc2Cl)cc1Br. The van der Waals surface area contributed by atoms with Crippen molar-refractivity contribution in [1.29, 1.82) is 0 Å². The molecule has 0 saturated carbocycles. The summed E-state index contributed by atoms with van der Waals surface area (Å²) < 4.78 is 6.51. The van der Waals surface area contributed by atoms with Crippen molar-refractivity contribution in [2.75, 3.05) is 13.7 Å². The van der Waals surface area contributed by atoms with Crippen molar-refractivity contribution in [3.8, 4) is 5.75 Å². The molecule has 0 spiro atoms. The highest BCUT2D eigenvalue weighted by atomic mass is 79.9.